The summed E-state index contributed by atoms with van der Waals surface area (Å²) < 4.78 is 22.6. The average Bonchev–Trinajstić information content (AvgIpc) is 3.08. The fourth-order valence-corrected chi connectivity index (χ4v) is 2.58. The summed E-state index contributed by atoms with van der Waals surface area (Å²) >= 11 is 0. The third kappa shape index (κ3) is 7.55. The van der Waals surface area contributed by atoms with Gasteiger partial charge in [-0.2, -0.15) is 0 Å². The molecule has 1 rings (SSSR count). The summed E-state index contributed by atoms with van der Waals surface area (Å²) in [5.74, 6) is 0.593. The zero-order chi connectivity index (χ0) is 12.7. The highest BCUT2D eigenvalue weighted by Gasteiger charge is 2.19. The molecule has 0 aliphatic heterocycles. The minimum Gasteiger partial charge on any atom is -0.314 e. The van der Waals surface area contributed by atoms with Crippen LogP contribution in [0.1, 0.15) is 46.0 Å². The zero-order valence-corrected chi connectivity index (χ0v) is 11.9. The molecular formula is C13H25NO2S. The number of hydrogen-bond donors (Lipinski definition) is 1. The van der Waals surface area contributed by atoms with Crippen molar-refractivity contribution >= 4 is 9.84 Å². The van der Waals surface area contributed by atoms with Crippen molar-refractivity contribution in [3.63, 3.8) is 0 Å². The van der Waals surface area contributed by atoms with Crippen molar-refractivity contribution < 1.29 is 8.42 Å². The maximum Gasteiger partial charge on any atom is 0.150 e. The minimum atomic E-state index is -2.78. The van der Waals surface area contributed by atoms with Gasteiger partial charge in [-0.3, -0.25) is 0 Å². The SMILES string of the molecule is CCS(=O)(=O)CCCC(C)=CCCNC1CC1. The van der Waals surface area contributed by atoms with Crippen LogP contribution in [0.5, 0.6) is 0 Å². The Labute approximate surface area is 106 Å². The number of hydrogen-bond acceptors (Lipinski definition) is 3. The van der Waals surface area contributed by atoms with Gasteiger partial charge in [0.15, 0.2) is 0 Å². The topological polar surface area (TPSA) is 46.2 Å². The van der Waals surface area contributed by atoms with Crippen LogP contribution in [0.4, 0.5) is 0 Å². The van der Waals surface area contributed by atoms with Gasteiger partial charge in [-0.1, -0.05) is 18.6 Å². The smallest absolute Gasteiger partial charge is 0.150 e. The van der Waals surface area contributed by atoms with Crippen LogP contribution in [0.15, 0.2) is 11.6 Å². The molecule has 100 valence electrons. The molecule has 0 saturated heterocycles. The Balaban J connectivity index is 2.06. The highest BCUT2D eigenvalue weighted by molar-refractivity contribution is 7.91. The number of nitrogens with one attached hydrogen (secondary N) is 1. The zero-order valence-electron chi connectivity index (χ0n) is 11.0. The van der Waals surface area contributed by atoms with E-state index in [1.54, 1.807) is 6.92 Å². The third-order valence-corrected chi connectivity index (χ3v) is 4.90. The van der Waals surface area contributed by atoms with Crippen molar-refractivity contribution in [3.8, 4) is 0 Å². The summed E-state index contributed by atoms with van der Waals surface area (Å²) in [6, 6.07) is 0.776. The molecule has 1 aliphatic carbocycles. The molecule has 3 nitrogen and oxygen atoms in total. The lowest BCUT2D eigenvalue weighted by atomic mass is 10.1. The number of sulfone groups is 1. The van der Waals surface area contributed by atoms with Crippen molar-refractivity contribution in [1.82, 2.24) is 5.32 Å². The predicted molar refractivity (Wildman–Crippen MR) is 73.0 cm³/mol. The first-order valence-electron chi connectivity index (χ1n) is 6.63. The Kier molecular flexibility index (Phi) is 6.20. The van der Waals surface area contributed by atoms with E-state index in [1.165, 1.54) is 18.4 Å². The van der Waals surface area contributed by atoms with Gasteiger partial charge in [-0.15, -0.1) is 0 Å². The second-order valence-corrected chi connectivity index (χ2v) is 7.38. The molecule has 0 aromatic carbocycles. The first-order valence-corrected chi connectivity index (χ1v) is 8.45. The van der Waals surface area contributed by atoms with Gasteiger partial charge in [0.25, 0.3) is 0 Å². The van der Waals surface area contributed by atoms with E-state index in [-0.39, 0.29) is 5.75 Å². The van der Waals surface area contributed by atoms with Crippen molar-refractivity contribution in [1.29, 1.82) is 0 Å². The largest absolute Gasteiger partial charge is 0.314 e. The van der Waals surface area contributed by atoms with E-state index in [0.717, 1.165) is 31.8 Å². The summed E-state index contributed by atoms with van der Waals surface area (Å²) in [5, 5.41) is 3.46. The van der Waals surface area contributed by atoms with Crippen LogP contribution in [0, 0.1) is 0 Å². The van der Waals surface area contributed by atoms with Gasteiger partial charge < -0.3 is 5.32 Å². The monoisotopic (exact) mass is 259 g/mol. The molecule has 17 heavy (non-hydrogen) atoms. The van der Waals surface area contributed by atoms with Crippen LogP contribution >= 0.6 is 0 Å². The molecular weight excluding hydrogens is 234 g/mol. The van der Waals surface area contributed by atoms with Gasteiger partial charge >= 0.3 is 0 Å². The van der Waals surface area contributed by atoms with Gasteiger partial charge in [-0.25, -0.2) is 8.42 Å². The highest BCUT2D eigenvalue weighted by atomic mass is 32.2. The number of rotatable bonds is 9. The molecule has 0 bridgehead atoms. The molecule has 1 saturated carbocycles. The van der Waals surface area contributed by atoms with E-state index >= 15 is 0 Å². The van der Waals surface area contributed by atoms with E-state index < -0.39 is 9.84 Å². The van der Waals surface area contributed by atoms with Crippen molar-refractivity contribution in [2.75, 3.05) is 18.1 Å². The lowest BCUT2D eigenvalue weighted by Crippen LogP contribution is -2.16. The average molecular weight is 259 g/mol. The van der Waals surface area contributed by atoms with Crippen LogP contribution in [-0.2, 0) is 9.84 Å². The molecule has 0 heterocycles. The lowest BCUT2D eigenvalue weighted by Gasteiger charge is -2.03. The van der Waals surface area contributed by atoms with Gasteiger partial charge in [0.2, 0.25) is 0 Å². The summed E-state index contributed by atoms with van der Waals surface area (Å²) in [4.78, 5) is 0. The third-order valence-electron chi connectivity index (χ3n) is 3.11. The first kappa shape index (κ1) is 14.7. The van der Waals surface area contributed by atoms with Gasteiger partial charge in [0.1, 0.15) is 9.84 Å². The van der Waals surface area contributed by atoms with Crippen LogP contribution in [-0.4, -0.2) is 32.5 Å². The Hall–Kier alpha value is -0.350. The van der Waals surface area contributed by atoms with Gasteiger partial charge in [0, 0.05) is 11.8 Å². The molecule has 0 aromatic heterocycles. The Morgan fingerprint density at radius 2 is 2.12 bits per heavy atom. The summed E-state index contributed by atoms with van der Waals surface area (Å²) in [7, 11) is -2.78. The second-order valence-electron chi connectivity index (χ2n) is 4.91. The van der Waals surface area contributed by atoms with Crippen molar-refractivity contribution in [3.05, 3.63) is 11.6 Å². The highest BCUT2D eigenvalue weighted by Crippen LogP contribution is 2.18. The van der Waals surface area contributed by atoms with Gasteiger partial charge in [0.05, 0.1) is 5.75 Å². The first-order chi connectivity index (χ1) is 8.03. The van der Waals surface area contributed by atoms with Crippen LogP contribution in [0.3, 0.4) is 0 Å². The molecule has 1 N–H and O–H groups in total. The van der Waals surface area contributed by atoms with Crippen molar-refractivity contribution in [2.45, 2.75) is 52.0 Å². The predicted octanol–water partition coefficient (Wildman–Crippen LogP) is 2.29. The van der Waals surface area contributed by atoms with Crippen LogP contribution < -0.4 is 5.32 Å². The molecule has 0 amide bonds. The molecule has 0 aromatic rings. The molecule has 0 unspecified atom stereocenters. The van der Waals surface area contributed by atoms with E-state index in [4.69, 9.17) is 0 Å². The van der Waals surface area contributed by atoms with E-state index in [9.17, 15) is 8.42 Å². The van der Waals surface area contributed by atoms with Gasteiger partial charge in [-0.05, 0) is 45.6 Å². The van der Waals surface area contributed by atoms with E-state index in [1.807, 2.05) is 0 Å². The normalized spacial score (nSPS) is 17.4. The Morgan fingerprint density at radius 3 is 2.71 bits per heavy atom. The summed E-state index contributed by atoms with van der Waals surface area (Å²) in [6.07, 6.45) is 7.61. The maximum atomic E-state index is 11.3. The minimum absolute atomic E-state index is 0.265. The maximum absolute atomic E-state index is 11.3. The Bertz CT molecular complexity index is 342. The Morgan fingerprint density at radius 1 is 1.41 bits per heavy atom. The van der Waals surface area contributed by atoms with Crippen molar-refractivity contribution in [2.24, 2.45) is 0 Å². The quantitative estimate of drug-likeness (QED) is 0.510. The second kappa shape index (κ2) is 7.17. The summed E-state index contributed by atoms with van der Waals surface area (Å²) in [5.41, 5.74) is 1.31. The lowest BCUT2D eigenvalue weighted by molar-refractivity contribution is 0.594. The van der Waals surface area contributed by atoms with E-state index in [2.05, 4.69) is 18.3 Å². The molecule has 0 spiro atoms. The van der Waals surface area contributed by atoms with Crippen LogP contribution in [0.2, 0.25) is 0 Å². The summed E-state index contributed by atoms with van der Waals surface area (Å²) in [6.45, 7) is 4.85. The fourth-order valence-electron chi connectivity index (χ4n) is 1.71. The molecule has 4 heteroatoms. The molecule has 1 fully saturated rings. The van der Waals surface area contributed by atoms with Crippen LogP contribution in [0.25, 0.3) is 0 Å². The molecule has 1 aliphatic rings. The fraction of sp³-hybridized carbons (Fsp3) is 0.846. The molecule has 0 atom stereocenters. The number of allylic oxidation sites excluding steroid dienone is 1. The van der Waals surface area contributed by atoms with E-state index in [0.29, 0.717) is 5.75 Å². The molecule has 0 radical (unpaired) electrons. The standard InChI is InChI=1S/C13H25NO2S/c1-3-17(15,16)11-5-7-12(2)6-4-10-14-13-8-9-13/h6,13-14H,3-5,7-11H2,1-2H3.